The largest absolute Gasteiger partial charge is 0.489 e. The van der Waals surface area contributed by atoms with Gasteiger partial charge in [-0.15, -0.1) is 0 Å². The Labute approximate surface area is 181 Å². The van der Waals surface area contributed by atoms with E-state index in [0.717, 1.165) is 18.1 Å². The van der Waals surface area contributed by atoms with E-state index in [1.165, 1.54) is 29.6 Å². The fourth-order valence-corrected chi connectivity index (χ4v) is 3.08. The van der Waals surface area contributed by atoms with Crippen LogP contribution in [-0.4, -0.2) is 6.61 Å². The van der Waals surface area contributed by atoms with Crippen molar-refractivity contribution >= 4 is 0 Å². The Kier molecular flexibility index (Phi) is 11.7. The summed E-state index contributed by atoms with van der Waals surface area (Å²) >= 11 is 0. The SMILES string of the molecule is CC/C(=C\C=C(/C)C(C)CCC(C)C(C)/C=C\C(C)C)COc1ccc(C)cc1. The van der Waals surface area contributed by atoms with Crippen LogP contribution in [0.1, 0.15) is 73.3 Å². The molecule has 1 nitrogen and oxygen atoms in total. The van der Waals surface area contributed by atoms with Crippen molar-refractivity contribution < 1.29 is 4.74 Å². The summed E-state index contributed by atoms with van der Waals surface area (Å²) in [4.78, 5) is 0. The highest BCUT2D eigenvalue weighted by molar-refractivity contribution is 5.27. The summed E-state index contributed by atoms with van der Waals surface area (Å²) in [5, 5.41) is 0. The van der Waals surface area contributed by atoms with E-state index in [4.69, 9.17) is 4.74 Å². The number of hydrogen-bond acceptors (Lipinski definition) is 1. The van der Waals surface area contributed by atoms with Crippen molar-refractivity contribution in [2.75, 3.05) is 6.61 Å². The van der Waals surface area contributed by atoms with Gasteiger partial charge in [0.05, 0.1) is 0 Å². The number of hydrogen-bond donors (Lipinski definition) is 0. The molecule has 0 aromatic heterocycles. The van der Waals surface area contributed by atoms with Crippen LogP contribution in [0.25, 0.3) is 0 Å². The first kappa shape index (κ1) is 25.3. The molecule has 0 heterocycles. The van der Waals surface area contributed by atoms with Gasteiger partial charge in [0.15, 0.2) is 0 Å². The molecule has 1 aromatic carbocycles. The maximum atomic E-state index is 5.95. The second-order valence-electron chi connectivity index (χ2n) is 9.13. The van der Waals surface area contributed by atoms with Gasteiger partial charge in [0, 0.05) is 0 Å². The van der Waals surface area contributed by atoms with Gasteiger partial charge >= 0.3 is 0 Å². The molecule has 0 aliphatic carbocycles. The summed E-state index contributed by atoms with van der Waals surface area (Å²) < 4.78 is 5.95. The Balaban J connectivity index is 2.53. The summed E-state index contributed by atoms with van der Waals surface area (Å²) in [5.74, 6) is 3.58. The molecule has 0 N–H and O–H groups in total. The van der Waals surface area contributed by atoms with Gasteiger partial charge in [0.25, 0.3) is 0 Å². The minimum atomic E-state index is 0.617. The van der Waals surface area contributed by atoms with Crippen molar-refractivity contribution in [1.82, 2.24) is 0 Å². The van der Waals surface area contributed by atoms with E-state index in [0.29, 0.717) is 24.4 Å². The zero-order chi connectivity index (χ0) is 21.8. The van der Waals surface area contributed by atoms with Gasteiger partial charge in [-0.2, -0.15) is 0 Å². The van der Waals surface area contributed by atoms with Gasteiger partial charge in [0.2, 0.25) is 0 Å². The summed E-state index contributed by atoms with van der Waals surface area (Å²) in [6.07, 6.45) is 12.8. The minimum absolute atomic E-state index is 0.617. The number of aryl methyl sites for hydroxylation is 1. The molecular formula is C28H44O. The van der Waals surface area contributed by atoms with E-state index in [9.17, 15) is 0 Å². The molecule has 162 valence electrons. The molecule has 0 spiro atoms. The smallest absolute Gasteiger partial charge is 0.119 e. The van der Waals surface area contributed by atoms with Crippen molar-refractivity contribution in [3.05, 3.63) is 65.3 Å². The predicted octanol–water partition coefficient (Wildman–Crippen LogP) is 8.56. The third-order valence-electron chi connectivity index (χ3n) is 6.01. The van der Waals surface area contributed by atoms with Crippen LogP contribution >= 0.6 is 0 Å². The van der Waals surface area contributed by atoms with Gasteiger partial charge in [-0.3, -0.25) is 0 Å². The summed E-state index contributed by atoms with van der Waals surface area (Å²) in [6, 6.07) is 8.28. The van der Waals surface area contributed by atoms with Gasteiger partial charge in [-0.05, 0) is 74.5 Å². The van der Waals surface area contributed by atoms with Crippen LogP contribution in [0.4, 0.5) is 0 Å². The molecule has 0 fully saturated rings. The molecule has 0 bridgehead atoms. The molecule has 3 atom stereocenters. The van der Waals surface area contributed by atoms with Crippen LogP contribution in [-0.2, 0) is 0 Å². The molecule has 0 radical (unpaired) electrons. The molecule has 0 aliphatic rings. The average molecular weight is 397 g/mol. The lowest BCUT2D eigenvalue weighted by atomic mass is 9.86. The van der Waals surface area contributed by atoms with Crippen LogP contribution < -0.4 is 4.74 Å². The average Bonchev–Trinajstić information content (AvgIpc) is 2.70. The minimum Gasteiger partial charge on any atom is -0.489 e. The van der Waals surface area contributed by atoms with Crippen LogP contribution in [0.3, 0.4) is 0 Å². The maximum absolute atomic E-state index is 5.95. The van der Waals surface area contributed by atoms with Crippen LogP contribution in [0.5, 0.6) is 5.75 Å². The van der Waals surface area contributed by atoms with Crippen molar-refractivity contribution in [2.45, 2.75) is 74.7 Å². The van der Waals surface area contributed by atoms with Crippen molar-refractivity contribution in [3.8, 4) is 5.75 Å². The van der Waals surface area contributed by atoms with E-state index in [1.54, 1.807) is 0 Å². The van der Waals surface area contributed by atoms with Gasteiger partial charge in [0.1, 0.15) is 12.4 Å². The van der Waals surface area contributed by atoms with Gasteiger partial charge < -0.3 is 4.74 Å². The lowest BCUT2D eigenvalue weighted by Crippen LogP contribution is -2.08. The lowest BCUT2D eigenvalue weighted by molar-refractivity contribution is 0.348. The Morgan fingerprint density at radius 1 is 0.931 bits per heavy atom. The highest BCUT2D eigenvalue weighted by atomic mass is 16.5. The molecule has 0 aliphatic heterocycles. The predicted molar refractivity (Wildman–Crippen MR) is 130 cm³/mol. The number of ether oxygens (including phenoxy) is 1. The first-order chi connectivity index (χ1) is 13.7. The normalized spacial score (nSPS) is 16.3. The second kappa shape index (κ2) is 13.5. The lowest BCUT2D eigenvalue weighted by Gasteiger charge is -2.20. The summed E-state index contributed by atoms with van der Waals surface area (Å²) in [7, 11) is 0. The number of allylic oxidation sites excluding steroid dienone is 5. The van der Waals surface area contributed by atoms with E-state index >= 15 is 0 Å². The Morgan fingerprint density at radius 2 is 1.59 bits per heavy atom. The van der Waals surface area contributed by atoms with Crippen LogP contribution in [0.2, 0.25) is 0 Å². The zero-order valence-electron chi connectivity index (χ0n) is 20.2. The highest BCUT2D eigenvalue weighted by Gasteiger charge is 2.12. The van der Waals surface area contributed by atoms with Crippen molar-refractivity contribution in [1.29, 1.82) is 0 Å². The molecule has 0 amide bonds. The van der Waals surface area contributed by atoms with Crippen molar-refractivity contribution in [2.24, 2.45) is 23.7 Å². The maximum Gasteiger partial charge on any atom is 0.119 e. The van der Waals surface area contributed by atoms with E-state index < -0.39 is 0 Å². The van der Waals surface area contributed by atoms with Crippen LogP contribution in [0, 0.1) is 30.6 Å². The zero-order valence-corrected chi connectivity index (χ0v) is 20.2. The van der Waals surface area contributed by atoms with Gasteiger partial charge in [-0.1, -0.05) is 89.1 Å². The fraction of sp³-hybridized carbons (Fsp3) is 0.571. The molecule has 1 aromatic rings. The van der Waals surface area contributed by atoms with E-state index in [2.05, 4.69) is 91.8 Å². The number of benzene rings is 1. The number of rotatable bonds is 12. The topological polar surface area (TPSA) is 9.23 Å². The van der Waals surface area contributed by atoms with E-state index in [1.807, 2.05) is 12.1 Å². The van der Waals surface area contributed by atoms with Crippen molar-refractivity contribution in [3.63, 3.8) is 0 Å². The first-order valence-electron chi connectivity index (χ1n) is 11.5. The molecule has 0 saturated carbocycles. The molecule has 1 heteroatoms. The summed E-state index contributed by atoms with van der Waals surface area (Å²) in [5.41, 5.74) is 4.05. The molecule has 3 unspecified atom stereocenters. The van der Waals surface area contributed by atoms with E-state index in [-0.39, 0.29) is 0 Å². The fourth-order valence-electron chi connectivity index (χ4n) is 3.08. The molecule has 1 rings (SSSR count). The standard InChI is InChI=1S/C28H44O/c1-9-27(20-29-28-18-11-22(4)12-19-28)17-16-26(8)25(7)15-14-24(6)23(5)13-10-21(2)3/h10-13,16-19,21,23-25H,9,14-15,20H2,1-8H3/b13-10-,26-16+,27-17+. The Bertz CT molecular complexity index is 660. The first-order valence-corrected chi connectivity index (χ1v) is 11.5. The third-order valence-corrected chi connectivity index (χ3v) is 6.01. The second-order valence-corrected chi connectivity index (χ2v) is 9.13. The molecule has 0 saturated heterocycles. The molecule has 29 heavy (non-hydrogen) atoms. The third kappa shape index (κ3) is 10.5. The van der Waals surface area contributed by atoms with Gasteiger partial charge in [-0.25, -0.2) is 0 Å². The Hall–Kier alpha value is -1.76. The quantitative estimate of drug-likeness (QED) is 0.254. The monoisotopic (exact) mass is 396 g/mol. The van der Waals surface area contributed by atoms with Crippen LogP contribution in [0.15, 0.2) is 59.7 Å². The summed E-state index contributed by atoms with van der Waals surface area (Å²) in [6.45, 7) is 18.8. The molecular weight excluding hydrogens is 352 g/mol. The highest BCUT2D eigenvalue weighted by Crippen LogP contribution is 2.25. The Morgan fingerprint density at radius 3 is 2.17 bits per heavy atom.